The highest BCUT2D eigenvalue weighted by Gasteiger charge is 2.28. The van der Waals surface area contributed by atoms with Gasteiger partial charge in [-0.2, -0.15) is 0 Å². The lowest BCUT2D eigenvalue weighted by atomic mass is 10.1. The third-order valence-electron chi connectivity index (χ3n) is 3.46. The molecule has 1 aromatic rings. The quantitative estimate of drug-likeness (QED) is 0.619. The van der Waals surface area contributed by atoms with Gasteiger partial charge in [-0.15, -0.1) is 0 Å². The van der Waals surface area contributed by atoms with Gasteiger partial charge in [0.15, 0.2) is 0 Å². The SMILES string of the molecule is Cc1ccnc(N(CC2CC2)C(C)C)c1C(=N)N. The summed E-state index contributed by atoms with van der Waals surface area (Å²) in [7, 11) is 0. The Bertz CT molecular complexity index is 449. The molecule has 0 atom stereocenters. The molecular weight excluding hydrogens is 224 g/mol. The van der Waals surface area contributed by atoms with Crippen LogP contribution < -0.4 is 10.6 Å². The maximum atomic E-state index is 7.76. The Morgan fingerprint density at radius 1 is 1.56 bits per heavy atom. The molecule has 0 radical (unpaired) electrons. The molecule has 0 aliphatic heterocycles. The molecule has 0 aromatic carbocycles. The molecule has 0 spiro atoms. The molecule has 4 nitrogen and oxygen atoms in total. The summed E-state index contributed by atoms with van der Waals surface area (Å²) < 4.78 is 0. The van der Waals surface area contributed by atoms with Gasteiger partial charge >= 0.3 is 0 Å². The van der Waals surface area contributed by atoms with Crippen molar-refractivity contribution in [2.75, 3.05) is 11.4 Å². The Kier molecular flexibility index (Phi) is 3.55. The molecule has 1 aliphatic rings. The van der Waals surface area contributed by atoms with E-state index in [1.807, 2.05) is 13.0 Å². The zero-order valence-electron chi connectivity index (χ0n) is 11.4. The minimum absolute atomic E-state index is 0.108. The topological polar surface area (TPSA) is 66.0 Å². The van der Waals surface area contributed by atoms with Crippen LogP contribution in [0.2, 0.25) is 0 Å². The smallest absolute Gasteiger partial charge is 0.140 e. The van der Waals surface area contributed by atoms with Gasteiger partial charge in [0.25, 0.3) is 0 Å². The zero-order valence-corrected chi connectivity index (χ0v) is 11.4. The number of pyridine rings is 1. The fourth-order valence-corrected chi connectivity index (χ4v) is 2.21. The number of nitrogens with two attached hydrogens (primary N) is 1. The van der Waals surface area contributed by atoms with Crippen molar-refractivity contribution in [3.63, 3.8) is 0 Å². The van der Waals surface area contributed by atoms with Gasteiger partial charge in [0, 0.05) is 18.8 Å². The average Bonchev–Trinajstić information content (AvgIpc) is 3.08. The molecule has 0 bridgehead atoms. The van der Waals surface area contributed by atoms with Gasteiger partial charge in [0.1, 0.15) is 11.7 Å². The number of hydrogen-bond donors (Lipinski definition) is 2. The van der Waals surface area contributed by atoms with Gasteiger partial charge in [-0.1, -0.05) is 0 Å². The van der Waals surface area contributed by atoms with Crippen LogP contribution in [0.3, 0.4) is 0 Å². The molecule has 98 valence electrons. The lowest BCUT2D eigenvalue weighted by molar-refractivity contribution is 0.636. The van der Waals surface area contributed by atoms with Crippen LogP contribution in [0.5, 0.6) is 0 Å². The summed E-state index contributed by atoms with van der Waals surface area (Å²) in [5.41, 5.74) is 7.52. The highest BCUT2D eigenvalue weighted by molar-refractivity contribution is 6.01. The molecule has 1 aliphatic carbocycles. The van der Waals surface area contributed by atoms with Crippen molar-refractivity contribution in [1.82, 2.24) is 4.98 Å². The van der Waals surface area contributed by atoms with Crippen molar-refractivity contribution in [2.24, 2.45) is 11.7 Å². The summed E-state index contributed by atoms with van der Waals surface area (Å²) in [6, 6.07) is 2.29. The van der Waals surface area contributed by atoms with E-state index in [9.17, 15) is 0 Å². The molecule has 1 aromatic heterocycles. The normalized spacial score (nSPS) is 14.9. The van der Waals surface area contributed by atoms with Crippen LogP contribution in [0.25, 0.3) is 0 Å². The number of rotatable bonds is 5. The molecule has 3 N–H and O–H groups in total. The summed E-state index contributed by atoms with van der Waals surface area (Å²) in [5, 5.41) is 7.76. The van der Waals surface area contributed by atoms with Crippen molar-refractivity contribution >= 4 is 11.7 Å². The number of nitrogen functional groups attached to an aromatic ring is 1. The van der Waals surface area contributed by atoms with E-state index in [1.165, 1.54) is 12.8 Å². The maximum absolute atomic E-state index is 7.76. The van der Waals surface area contributed by atoms with E-state index < -0.39 is 0 Å². The van der Waals surface area contributed by atoms with Crippen molar-refractivity contribution < 1.29 is 0 Å². The Balaban J connectivity index is 2.39. The first-order valence-corrected chi connectivity index (χ1v) is 6.57. The number of anilines is 1. The third kappa shape index (κ3) is 2.63. The molecule has 0 unspecified atom stereocenters. The standard InChI is InChI=1S/C14H22N4/c1-9(2)18(8-11-4-5-11)14-12(13(15)16)10(3)6-7-17-14/h6-7,9,11H,4-5,8H2,1-3H3,(H3,15,16). The van der Waals surface area contributed by atoms with E-state index in [0.717, 1.165) is 29.4 Å². The Morgan fingerprint density at radius 2 is 2.22 bits per heavy atom. The first-order valence-electron chi connectivity index (χ1n) is 6.57. The van der Waals surface area contributed by atoms with Gasteiger partial charge in [0.2, 0.25) is 0 Å². The lowest BCUT2D eigenvalue weighted by Crippen LogP contribution is -2.35. The number of hydrogen-bond acceptors (Lipinski definition) is 3. The van der Waals surface area contributed by atoms with E-state index in [-0.39, 0.29) is 5.84 Å². The number of nitrogens with one attached hydrogen (secondary N) is 1. The van der Waals surface area contributed by atoms with Crippen LogP contribution in [-0.2, 0) is 0 Å². The van der Waals surface area contributed by atoms with E-state index in [2.05, 4.69) is 23.7 Å². The predicted molar refractivity (Wildman–Crippen MR) is 75.2 cm³/mol. The third-order valence-corrected chi connectivity index (χ3v) is 3.46. The monoisotopic (exact) mass is 246 g/mol. The van der Waals surface area contributed by atoms with Crippen LogP contribution in [0, 0.1) is 18.3 Å². The predicted octanol–water partition coefficient (Wildman–Crippen LogP) is 2.30. The summed E-state index contributed by atoms with van der Waals surface area (Å²) in [6.45, 7) is 7.33. The van der Waals surface area contributed by atoms with Crippen molar-refractivity contribution in [3.8, 4) is 0 Å². The Morgan fingerprint density at radius 3 is 2.72 bits per heavy atom. The maximum Gasteiger partial charge on any atom is 0.140 e. The lowest BCUT2D eigenvalue weighted by Gasteiger charge is -2.30. The van der Waals surface area contributed by atoms with E-state index in [0.29, 0.717) is 6.04 Å². The summed E-state index contributed by atoms with van der Waals surface area (Å²) >= 11 is 0. The first-order chi connectivity index (χ1) is 8.50. The minimum atomic E-state index is 0.108. The fourth-order valence-electron chi connectivity index (χ4n) is 2.21. The molecule has 1 saturated carbocycles. The second-order valence-corrected chi connectivity index (χ2v) is 5.43. The second kappa shape index (κ2) is 4.96. The van der Waals surface area contributed by atoms with E-state index >= 15 is 0 Å². The Labute approximate surface area is 109 Å². The minimum Gasteiger partial charge on any atom is -0.384 e. The van der Waals surface area contributed by atoms with Crippen molar-refractivity contribution in [3.05, 3.63) is 23.4 Å². The number of aryl methyl sites for hydroxylation is 1. The van der Waals surface area contributed by atoms with Gasteiger partial charge in [-0.25, -0.2) is 4.98 Å². The van der Waals surface area contributed by atoms with Gasteiger partial charge in [0.05, 0.1) is 5.56 Å². The van der Waals surface area contributed by atoms with Crippen molar-refractivity contribution in [1.29, 1.82) is 5.41 Å². The molecule has 2 rings (SSSR count). The highest BCUT2D eigenvalue weighted by atomic mass is 15.2. The highest BCUT2D eigenvalue weighted by Crippen LogP contribution is 2.33. The fraction of sp³-hybridized carbons (Fsp3) is 0.571. The van der Waals surface area contributed by atoms with Crippen LogP contribution in [0.4, 0.5) is 5.82 Å². The molecule has 4 heteroatoms. The van der Waals surface area contributed by atoms with Crippen LogP contribution >= 0.6 is 0 Å². The number of amidine groups is 1. The van der Waals surface area contributed by atoms with Gasteiger partial charge in [-0.05, 0) is 51.2 Å². The zero-order chi connectivity index (χ0) is 13.3. The summed E-state index contributed by atoms with van der Waals surface area (Å²) in [5.74, 6) is 1.76. The molecule has 1 heterocycles. The molecular formula is C14H22N4. The number of aromatic nitrogens is 1. The van der Waals surface area contributed by atoms with E-state index in [1.54, 1.807) is 6.20 Å². The molecule has 18 heavy (non-hydrogen) atoms. The summed E-state index contributed by atoms with van der Waals surface area (Å²) in [4.78, 5) is 6.75. The van der Waals surface area contributed by atoms with Gasteiger partial charge in [-0.3, -0.25) is 5.41 Å². The van der Waals surface area contributed by atoms with Crippen LogP contribution in [0.1, 0.15) is 37.8 Å². The largest absolute Gasteiger partial charge is 0.384 e. The van der Waals surface area contributed by atoms with Crippen LogP contribution in [-0.4, -0.2) is 23.4 Å². The second-order valence-electron chi connectivity index (χ2n) is 5.43. The van der Waals surface area contributed by atoms with Gasteiger partial charge < -0.3 is 10.6 Å². The van der Waals surface area contributed by atoms with Crippen LogP contribution in [0.15, 0.2) is 12.3 Å². The number of nitrogens with zero attached hydrogens (tertiary/aromatic N) is 2. The van der Waals surface area contributed by atoms with E-state index in [4.69, 9.17) is 11.1 Å². The molecule has 1 fully saturated rings. The summed E-state index contributed by atoms with van der Waals surface area (Å²) in [6.07, 6.45) is 4.42. The first kappa shape index (κ1) is 12.9. The molecule has 0 saturated heterocycles. The average molecular weight is 246 g/mol. The molecule has 0 amide bonds. The Hall–Kier alpha value is -1.58. The van der Waals surface area contributed by atoms with Crippen molar-refractivity contribution in [2.45, 2.75) is 39.7 Å².